The summed E-state index contributed by atoms with van der Waals surface area (Å²) >= 11 is 3.41. The Balaban J connectivity index is 2.74. The van der Waals surface area contributed by atoms with E-state index in [2.05, 4.69) is 34.6 Å². The number of benzene rings is 1. The van der Waals surface area contributed by atoms with E-state index in [-0.39, 0.29) is 0 Å². The molecule has 0 saturated carbocycles. The van der Waals surface area contributed by atoms with Crippen molar-refractivity contribution in [3.8, 4) is 0 Å². The maximum atomic E-state index is 4.00. The maximum absolute atomic E-state index is 4.00. The van der Waals surface area contributed by atoms with Crippen molar-refractivity contribution in [3.05, 3.63) is 65.2 Å². The van der Waals surface area contributed by atoms with Crippen molar-refractivity contribution in [2.45, 2.75) is 6.92 Å². The summed E-state index contributed by atoms with van der Waals surface area (Å²) in [5, 5.41) is 0. The Hall–Kier alpha value is -1.08. The van der Waals surface area contributed by atoms with Crippen molar-refractivity contribution in [2.75, 3.05) is 0 Å². The molecule has 0 unspecified atom stereocenters. The molecule has 0 aromatic heterocycles. The summed E-state index contributed by atoms with van der Waals surface area (Å²) in [5.41, 5.74) is 2.17. The first-order valence-corrected chi connectivity index (χ1v) is 5.27. The van der Waals surface area contributed by atoms with Crippen LogP contribution >= 0.6 is 15.9 Å². The molecule has 0 radical (unpaired) electrons. The van der Waals surface area contributed by atoms with Crippen molar-refractivity contribution < 1.29 is 0 Å². The highest BCUT2D eigenvalue weighted by Crippen LogP contribution is 2.15. The number of allylic oxidation sites excluding steroid dienone is 5. The smallest absolute Gasteiger partial charge is 0.0132 e. The zero-order valence-electron chi connectivity index (χ0n) is 8.20. The van der Waals surface area contributed by atoms with Crippen molar-refractivity contribution in [1.82, 2.24) is 0 Å². The van der Waals surface area contributed by atoms with Crippen LogP contribution in [-0.2, 0) is 0 Å². The summed E-state index contributed by atoms with van der Waals surface area (Å²) in [5.74, 6) is 0. The average Bonchev–Trinajstić information content (AvgIpc) is 2.26. The second-order valence-electron chi connectivity index (χ2n) is 2.90. The van der Waals surface area contributed by atoms with Gasteiger partial charge in [0.1, 0.15) is 0 Å². The minimum atomic E-state index is 1.02. The predicted octanol–water partition coefficient (Wildman–Crippen LogP) is 4.55. The number of hydrogen-bond donors (Lipinski definition) is 0. The van der Waals surface area contributed by atoms with Crippen LogP contribution in [0.2, 0.25) is 0 Å². The summed E-state index contributed by atoms with van der Waals surface area (Å²) in [4.78, 5) is 0. The molecule has 72 valence electrons. The Labute approximate surface area is 93.8 Å². The van der Waals surface area contributed by atoms with Crippen LogP contribution in [0.4, 0.5) is 0 Å². The fourth-order valence-corrected chi connectivity index (χ4v) is 1.16. The van der Waals surface area contributed by atoms with Gasteiger partial charge in [0.2, 0.25) is 0 Å². The molecule has 1 aromatic rings. The van der Waals surface area contributed by atoms with Crippen molar-refractivity contribution >= 4 is 21.5 Å². The molecule has 1 heteroatoms. The third kappa shape index (κ3) is 3.35. The lowest BCUT2D eigenvalue weighted by Crippen LogP contribution is -1.76. The second kappa shape index (κ2) is 5.61. The molecule has 0 atom stereocenters. The molecule has 0 amide bonds. The summed E-state index contributed by atoms with van der Waals surface area (Å²) in [6, 6.07) is 10.1. The van der Waals surface area contributed by atoms with E-state index in [0.29, 0.717) is 0 Å². The van der Waals surface area contributed by atoms with Gasteiger partial charge in [0.15, 0.2) is 0 Å². The highest BCUT2D eigenvalue weighted by Gasteiger charge is 1.91. The van der Waals surface area contributed by atoms with Gasteiger partial charge in [-0.2, -0.15) is 0 Å². The third-order valence-corrected chi connectivity index (χ3v) is 2.59. The molecule has 0 aliphatic heterocycles. The average molecular weight is 249 g/mol. The molecule has 0 N–H and O–H groups in total. The van der Waals surface area contributed by atoms with Crippen LogP contribution < -0.4 is 0 Å². The van der Waals surface area contributed by atoms with Gasteiger partial charge in [0.25, 0.3) is 0 Å². The van der Waals surface area contributed by atoms with Crippen molar-refractivity contribution in [2.24, 2.45) is 0 Å². The van der Waals surface area contributed by atoms with Crippen LogP contribution in [0, 0.1) is 0 Å². The van der Waals surface area contributed by atoms with Gasteiger partial charge in [-0.3, -0.25) is 0 Å². The second-order valence-corrected chi connectivity index (χ2v) is 3.81. The van der Waals surface area contributed by atoms with Gasteiger partial charge in [-0.15, -0.1) is 0 Å². The summed E-state index contributed by atoms with van der Waals surface area (Å²) in [6.45, 7) is 5.98. The lowest BCUT2D eigenvalue weighted by molar-refractivity contribution is 1.62. The monoisotopic (exact) mass is 248 g/mol. The van der Waals surface area contributed by atoms with Crippen LogP contribution in [0.1, 0.15) is 12.5 Å². The largest absolute Gasteiger partial charge is 0.0912 e. The van der Waals surface area contributed by atoms with Crippen LogP contribution in [0.3, 0.4) is 0 Å². The van der Waals surface area contributed by atoms with Gasteiger partial charge < -0.3 is 0 Å². The van der Waals surface area contributed by atoms with E-state index in [1.807, 2.05) is 43.4 Å². The molecular weight excluding hydrogens is 236 g/mol. The standard InChI is InChI=1S/C13H13Br/c1-3-13(14)10-9-11(2)12-7-5-4-6-8-12/h3-10H,2H2,1H3/b10-9-,13-3+. The first-order chi connectivity index (χ1) is 6.74. The first-order valence-electron chi connectivity index (χ1n) is 4.48. The fourth-order valence-electron chi connectivity index (χ4n) is 1.02. The van der Waals surface area contributed by atoms with Gasteiger partial charge in [-0.05, 0) is 24.1 Å². The Morgan fingerprint density at radius 2 is 1.86 bits per heavy atom. The van der Waals surface area contributed by atoms with E-state index in [0.717, 1.165) is 15.6 Å². The van der Waals surface area contributed by atoms with Gasteiger partial charge in [0, 0.05) is 4.48 Å². The first kappa shape index (κ1) is 11.0. The molecule has 0 aliphatic carbocycles. The maximum Gasteiger partial charge on any atom is 0.0132 e. The molecule has 0 spiro atoms. The molecule has 0 nitrogen and oxygen atoms in total. The van der Waals surface area contributed by atoms with E-state index in [4.69, 9.17) is 0 Å². The van der Waals surface area contributed by atoms with Gasteiger partial charge >= 0.3 is 0 Å². The van der Waals surface area contributed by atoms with E-state index >= 15 is 0 Å². The molecule has 1 aromatic carbocycles. The summed E-state index contributed by atoms with van der Waals surface area (Å²) in [6.07, 6.45) is 5.99. The molecule has 14 heavy (non-hydrogen) atoms. The molecule has 0 fully saturated rings. The Morgan fingerprint density at radius 1 is 1.21 bits per heavy atom. The highest BCUT2D eigenvalue weighted by molar-refractivity contribution is 9.11. The fraction of sp³-hybridized carbons (Fsp3) is 0.0769. The van der Waals surface area contributed by atoms with Crippen LogP contribution in [0.15, 0.2) is 59.6 Å². The lowest BCUT2D eigenvalue weighted by Gasteiger charge is -1.98. The zero-order valence-corrected chi connectivity index (χ0v) is 9.79. The third-order valence-electron chi connectivity index (χ3n) is 1.86. The molecule has 0 bridgehead atoms. The van der Waals surface area contributed by atoms with E-state index < -0.39 is 0 Å². The highest BCUT2D eigenvalue weighted by atomic mass is 79.9. The van der Waals surface area contributed by atoms with Gasteiger partial charge in [-0.25, -0.2) is 0 Å². The Morgan fingerprint density at radius 3 is 2.43 bits per heavy atom. The van der Waals surface area contributed by atoms with E-state index in [1.54, 1.807) is 0 Å². The summed E-state index contributed by atoms with van der Waals surface area (Å²) < 4.78 is 1.06. The Kier molecular flexibility index (Phi) is 4.41. The number of hydrogen-bond acceptors (Lipinski definition) is 0. The van der Waals surface area contributed by atoms with Gasteiger partial charge in [-0.1, -0.05) is 65.0 Å². The van der Waals surface area contributed by atoms with Crippen LogP contribution in [-0.4, -0.2) is 0 Å². The molecular formula is C13H13Br. The lowest BCUT2D eigenvalue weighted by atomic mass is 10.1. The Bertz CT molecular complexity index is 358. The number of rotatable bonds is 3. The van der Waals surface area contributed by atoms with Crippen LogP contribution in [0.25, 0.3) is 5.57 Å². The van der Waals surface area contributed by atoms with Crippen molar-refractivity contribution in [3.63, 3.8) is 0 Å². The predicted molar refractivity (Wildman–Crippen MR) is 67.3 cm³/mol. The number of halogens is 1. The van der Waals surface area contributed by atoms with E-state index in [1.165, 1.54) is 0 Å². The topological polar surface area (TPSA) is 0 Å². The minimum absolute atomic E-state index is 1.02. The quantitative estimate of drug-likeness (QED) is 0.689. The van der Waals surface area contributed by atoms with Crippen LogP contribution in [0.5, 0.6) is 0 Å². The van der Waals surface area contributed by atoms with Crippen molar-refractivity contribution in [1.29, 1.82) is 0 Å². The molecule has 0 heterocycles. The molecule has 0 saturated heterocycles. The summed E-state index contributed by atoms with van der Waals surface area (Å²) in [7, 11) is 0. The SMILES string of the molecule is C=C(/C=C\C(Br)=C/C)c1ccccc1. The van der Waals surface area contributed by atoms with Gasteiger partial charge in [0.05, 0.1) is 0 Å². The molecule has 1 rings (SSSR count). The normalized spacial score (nSPS) is 12.0. The zero-order chi connectivity index (χ0) is 10.4. The molecule has 0 aliphatic rings. The minimum Gasteiger partial charge on any atom is -0.0912 e. The van der Waals surface area contributed by atoms with E-state index in [9.17, 15) is 0 Å².